The van der Waals surface area contributed by atoms with Crippen LogP contribution in [0.5, 0.6) is 0 Å². The van der Waals surface area contributed by atoms with Crippen LogP contribution in [0.3, 0.4) is 0 Å². The molecule has 1 saturated carbocycles. The molecule has 0 spiro atoms. The maximum atomic E-state index is 14.4. The van der Waals surface area contributed by atoms with E-state index in [4.69, 9.17) is 0 Å². The highest BCUT2D eigenvalue weighted by atomic mass is 32.2. The summed E-state index contributed by atoms with van der Waals surface area (Å²) in [6.45, 7) is 2.56. The van der Waals surface area contributed by atoms with Gasteiger partial charge in [-0.05, 0) is 55.0 Å². The molecule has 2 aromatic rings. The highest BCUT2D eigenvalue weighted by molar-refractivity contribution is 7.88. The second-order valence-corrected chi connectivity index (χ2v) is 9.90. The van der Waals surface area contributed by atoms with Crippen molar-refractivity contribution < 1.29 is 22.0 Å². The van der Waals surface area contributed by atoms with Crippen LogP contribution in [0.4, 0.5) is 8.78 Å². The lowest BCUT2D eigenvalue weighted by Crippen LogP contribution is -2.38. The SMILES string of the molecule is Cc1cc(-c2c(F)cccc2F)c(C2CC2C(=O)N2CC[C@H](NS(C)(=O)=O)C2)cn1. The number of aromatic nitrogens is 1. The van der Waals surface area contributed by atoms with Gasteiger partial charge in [0.1, 0.15) is 11.6 Å². The molecule has 1 aromatic heterocycles. The summed E-state index contributed by atoms with van der Waals surface area (Å²) >= 11 is 0. The zero-order chi connectivity index (χ0) is 21.6. The van der Waals surface area contributed by atoms with Gasteiger partial charge in [0.25, 0.3) is 0 Å². The largest absolute Gasteiger partial charge is 0.341 e. The molecule has 6 nitrogen and oxygen atoms in total. The van der Waals surface area contributed by atoms with Gasteiger partial charge in [-0.2, -0.15) is 0 Å². The van der Waals surface area contributed by atoms with Gasteiger partial charge in [-0.3, -0.25) is 9.78 Å². The Labute approximate surface area is 174 Å². The van der Waals surface area contributed by atoms with Crippen molar-refractivity contribution in [3.05, 3.63) is 53.4 Å². The summed E-state index contributed by atoms with van der Waals surface area (Å²) in [5.41, 5.74) is 1.62. The number of benzene rings is 1. The van der Waals surface area contributed by atoms with E-state index in [1.165, 1.54) is 18.2 Å². The van der Waals surface area contributed by atoms with Crippen molar-refractivity contribution in [1.29, 1.82) is 0 Å². The summed E-state index contributed by atoms with van der Waals surface area (Å²) in [6, 6.07) is 5.11. The molecule has 4 rings (SSSR count). The molecule has 0 bridgehead atoms. The smallest absolute Gasteiger partial charge is 0.226 e. The molecule has 3 atom stereocenters. The van der Waals surface area contributed by atoms with Crippen LogP contribution < -0.4 is 4.72 Å². The maximum absolute atomic E-state index is 14.4. The van der Waals surface area contributed by atoms with Crippen molar-refractivity contribution in [2.75, 3.05) is 19.3 Å². The van der Waals surface area contributed by atoms with Gasteiger partial charge in [-0.15, -0.1) is 0 Å². The number of pyridine rings is 1. The predicted molar refractivity (Wildman–Crippen MR) is 108 cm³/mol. The van der Waals surface area contributed by atoms with E-state index in [-0.39, 0.29) is 29.3 Å². The molecule has 160 valence electrons. The van der Waals surface area contributed by atoms with Crippen molar-refractivity contribution in [3.8, 4) is 11.1 Å². The molecule has 2 unspecified atom stereocenters. The van der Waals surface area contributed by atoms with Gasteiger partial charge in [0, 0.05) is 36.9 Å². The molecular weight excluding hydrogens is 412 g/mol. The summed E-state index contributed by atoms with van der Waals surface area (Å²) in [5, 5.41) is 0. The van der Waals surface area contributed by atoms with E-state index in [9.17, 15) is 22.0 Å². The van der Waals surface area contributed by atoms with E-state index >= 15 is 0 Å². The fourth-order valence-corrected chi connectivity index (χ4v) is 5.04. The Hall–Kier alpha value is -2.39. The number of rotatable bonds is 5. The van der Waals surface area contributed by atoms with E-state index in [0.717, 1.165) is 6.26 Å². The van der Waals surface area contributed by atoms with Crippen LogP contribution in [0.25, 0.3) is 11.1 Å². The first-order chi connectivity index (χ1) is 14.1. The second kappa shape index (κ2) is 7.70. The minimum Gasteiger partial charge on any atom is -0.341 e. The van der Waals surface area contributed by atoms with E-state index in [1.54, 1.807) is 24.1 Å². The fraction of sp³-hybridized carbons (Fsp3) is 0.429. The minimum absolute atomic E-state index is 0.0571. The van der Waals surface area contributed by atoms with Gasteiger partial charge in [0.05, 0.1) is 11.8 Å². The lowest BCUT2D eigenvalue weighted by atomic mass is 9.96. The number of nitrogens with zero attached hydrogens (tertiary/aromatic N) is 2. The molecule has 30 heavy (non-hydrogen) atoms. The Morgan fingerprint density at radius 3 is 2.63 bits per heavy atom. The molecule has 0 radical (unpaired) electrons. The molecular formula is C21H23F2N3O3S. The Bertz CT molecular complexity index is 1090. The summed E-state index contributed by atoms with van der Waals surface area (Å²) in [7, 11) is -3.33. The normalized spacial score (nSPS) is 23.6. The first-order valence-corrected chi connectivity index (χ1v) is 11.7. The number of likely N-dealkylation sites (tertiary alicyclic amines) is 1. The number of nitrogens with one attached hydrogen (secondary N) is 1. The van der Waals surface area contributed by atoms with Gasteiger partial charge >= 0.3 is 0 Å². The second-order valence-electron chi connectivity index (χ2n) is 8.12. The maximum Gasteiger partial charge on any atom is 0.226 e. The third-order valence-electron chi connectivity index (χ3n) is 5.69. The van der Waals surface area contributed by atoms with Crippen LogP contribution in [-0.2, 0) is 14.8 Å². The van der Waals surface area contributed by atoms with Gasteiger partial charge in [-0.25, -0.2) is 21.9 Å². The third-order valence-corrected chi connectivity index (χ3v) is 6.45. The Kier molecular flexibility index (Phi) is 5.36. The fourth-order valence-electron chi connectivity index (χ4n) is 4.24. The van der Waals surface area contributed by atoms with Gasteiger partial charge in [-0.1, -0.05) is 6.07 Å². The number of hydrogen-bond donors (Lipinski definition) is 1. The van der Waals surface area contributed by atoms with Crippen LogP contribution in [0.2, 0.25) is 0 Å². The predicted octanol–water partition coefficient (Wildman–Crippen LogP) is 2.59. The lowest BCUT2D eigenvalue weighted by Gasteiger charge is -2.17. The molecule has 1 aliphatic heterocycles. The Morgan fingerprint density at radius 2 is 1.97 bits per heavy atom. The van der Waals surface area contributed by atoms with Gasteiger partial charge in [0.15, 0.2) is 0 Å². The minimum atomic E-state index is -3.33. The quantitative estimate of drug-likeness (QED) is 0.783. The molecule has 1 amide bonds. The Balaban J connectivity index is 1.54. The summed E-state index contributed by atoms with van der Waals surface area (Å²) in [6.07, 6.45) is 3.84. The topological polar surface area (TPSA) is 79.4 Å². The zero-order valence-electron chi connectivity index (χ0n) is 16.7. The van der Waals surface area contributed by atoms with Gasteiger partial charge < -0.3 is 4.90 Å². The van der Waals surface area contributed by atoms with Crippen molar-refractivity contribution in [2.45, 2.75) is 31.7 Å². The number of aryl methyl sites for hydroxylation is 1. The Morgan fingerprint density at radius 1 is 1.27 bits per heavy atom. The van der Waals surface area contributed by atoms with E-state index in [2.05, 4.69) is 9.71 Å². The molecule has 1 N–H and O–H groups in total. The van der Waals surface area contributed by atoms with Crippen molar-refractivity contribution in [2.24, 2.45) is 5.92 Å². The number of sulfonamides is 1. The monoisotopic (exact) mass is 435 g/mol. The molecule has 1 saturated heterocycles. The van der Waals surface area contributed by atoms with E-state index in [1.807, 2.05) is 0 Å². The first-order valence-electron chi connectivity index (χ1n) is 9.81. The molecule has 2 fully saturated rings. The van der Waals surface area contributed by atoms with Crippen LogP contribution in [0.15, 0.2) is 30.5 Å². The average molecular weight is 435 g/mol. The van der Waals surface area contributed by atoms with Crippen LogP contribution >= 0.6 is 0 Å². The number of amides is 1. The van der Waals surface area contributed by atoms with E-state index in [0.29, 0.717) is 42.8 Å². The van der Waals surface area contributed by atoms with Crippen LogP contribution in [0.1, 0.15) is 30.0 Å². The van der Waals surface area contributed by atoms with Crippen molar-refractivity contribution >= 4 is 15.9 Å². The number of halogens is 2. The standard InChI is InChI=1S/C21H23F2N3O3S/c1-12-8-15(20-18(22)4-3-5-19(20)23)17(10-24-12)14-9-16(14)21(27)26-7-6-13(11-26)25-30(2,28)29/h3-5,8,10,13-14,16,25H,6-7,9,11H2,1-2H3/t13-,14?,16?/m0/s1. The highest BCUT2D eigenvalue weighted by Gasteiger charge is 2.48. The van der Waals surface area contributed by atoms with Crippen LogP contribution in [0, 0.1) is 24.5 Å². The summed E-state index contributed by atoms with van der Waals surface area (Å²) in [4.78, 5) is 18.9. The third kappa shape index (κ3) is 4.22. The molecule has 1 aromatic carbocycles. The van der Waals surface area contributed by atoms with Crippen molar-refractivity contribution in [1.82, 2.24) is 14.6 Å². The average Bonchev–Trinajstić information content (AvgIpc) is 3.31. The zero-order valence-corrected chi connectivity index (χ0v) is 17.5. The number of carbonyl (C=O) groups excluding carboxylic acids is 1. The molecule has 9 heteroatoms. The van der Waals surface area contributed by atoms with E-state index < -0.39 is 21.7 Å². The highest BCUT2D eigenvalue weighted by Crippen LogP contribution is 2.51. The van der Waals surface area contributed by atoms with Crippen molar-refractivity contribution in [3.63, 3.8) is 0 Å². The number of hydrogen-bond acceptors (Lipinski definition) is 4. The molecule has 2 aliphatic rings. The molecule has 2 heterocycles. The first kappa shape index (κ1) is 20.9. The molecule has 1 aliphatic carbocycles. The lowest BCUT2D eigenvalue weighted by molar-refractivity contribution is -0.131. The number of carbonyl (C=O) groups is 1. The van der Waals surface area contributed by atoms with Gasteiger partial charge in [0.2, 0.25) is 15.9 Å². The summed E-state index contributed by atoms with van der Waals surface area (Å²) in [5.74, 6) is -1.82. The summed E-state index contributed by atoms with van der Waals surface area (Å²) < 4.78 is 54.2. The van der Waals surface area contributed by atoms with Crippen LogP contribution in [-0.4, -0.2) is 49.6 Å².